The predicted octanol–water partition coefficient (Wildman–Crippen LogP) is 1.56. The summed E-state index contributed by atoms with van der Waals surface area (Å²) in [6, 6.07) is 0. The van der Waals surface area contributed by atoms with E-state index < -0.39 is 6.16 Å². The fourth-order valence-electron chi connectivity index (χ4n) is 0.963. The van der Waals surface area contributed by atoms with Crippen molar-refractivity contribution in [3.05, 3.63) is 25.3 Å². The molecular formula is C13H22O6. The largest absolute Gasteiger partial charge is 0.508 e. The molecule has 0 heterocycles. The molecule has 0 rings (SSSR count). The van der Waals surface area contributed by atoms with Crippen LogP contribution in [0, 0.1) is 0 Å². The van der Waals surface area contributed by atoms with Gasteiger partial charge in [0, 0.05) is 0 Å². The molecule has 0 fully saturated rings. The van der Waals surface area contributed by atoms with Gasteiger partial charge in [-0.15, -0.1) is 13.2 Å². The summed E-state index contributed by atoms with van der Waals surface area (Å²) in [6.07, 6.45) is 2.56. The van der Waals surface area contributed by atoms with Crippen molar-refractivity contribution in [3.63, 3.8) is 0 Å². The maximum atomic E-state index is 11.0. The lowest BCUT2D eigenvalue weighted by Crippen LogP contribution is -2.16. The van der Waals surface area contributed by atoms with E-state index in [-0.39, 0.29) is 13.2 Å². The quantitative estimate of drug-likeness (QED) is 0.288. The molecule has 0 aromatic carbocycles. The number of carbonyl (C=O) groups excluding carboxylic acids is 1. The Labute approximate surface area is 113 Å². The Kier molecular flexibility index (Phi) is 13.6. The van der Waals surface area contributed by atoms with Crippen LogP contribution >= 0.6 is 0 Å². The van der Waals surface area contributed by atoms with Gasteiger partial charge in [0.05, 0.1) is 39.6 Å². The van der Waals surface area contributed by atoms with Crippen LogP contribution in [0.3, 0.4) is 0 Å². The zero-order chi connectivity index (χ0) is 14.2. The molecule has 6 heteroatoms. The Morgan fingerprint density at radius 1 is 0.737 bits per heavy atom. The van der Waals surface area contributed by atoms with Crippen molar-refractivity contribution in [1.82, 2.24) is 0 Å². The maximum Gasteiger partial charge on any atom is 0.508 e. The minimum absolute atomic E-state index is 0.147. The van der Waals surface area contributed by atoms with Crippen LogP contribution in [0.2, 0.25) is 0 Å². The molecule has 0 saturated carbocycles. The molecule has 0 radical (unpaired) electrons. The molecule has 0 N–H and O–H groups in total. The summed E-state index contributed by atoms with van der Waals surface area (Å²) in [6.45, 7) is 9.79. The van der Waals surface area contributed by atoms with Gasteiger partial charge in [-0.1, -0.05) is 12.2 Å². The zero-order valence-electron chi connectivity index (χ0n) is 11.2. The predicted molar refractivity (Wildman–Crippen MR) is 70.2 cm³/mol. The second-order valence-electron chi connectivity index (χ2n) is 3.29. The second kappa shape index (κ2) is 14.7. The van der Waals surface area contributed by atoms with Gasteiger partial charge >= 0.3 is 6.16 Å². The molecule has 0 spiro atoms. The third-order valence-corrected chi connectivity index (χ3v) is 1.74. The van der Waals surface area contributed by atoms with Crippen molar-refractivity contribution < 1.29 is 28.5 Å². The van der Waals surface area contributed by atoms with Crippen LogP contribution in [-0.4, -0.2) is 59.0 Å². The number of rotatable bonds is 13. The van der Waals surface area contributed by atoms with Crippen molar-refractivity contribution >= 4 is 6.16 Å². The van der Waals surface area contributed by atoms with Gasteiger partial charge in [-0.3, -0.25) is 0 Å². The van der Waals surface area contributed by atoms with E-state index in [4.69, 9.17) is 23.7 Å². The minimum atomic E-state index is -0.728. The maximum absolute atomic E-state index is 11.0. The standard InChI is InChI=1S/C13H22O6/c1-3-5-15-7-8-17-10-12-19-13(14)18-11-9-16-6-4-2/h3-4H,1-2,5-12H2. The van der Waals surface area contributed by atoms with Crippen LogP contribution in [0.4, 0.5) is 4.79 Å². The summed E-state index contributed by atoms with van der Waals surface area (Å²) < 4.78 is 24.8. The number of carbonyl (C=O) groups is 1. The average molecular weight is 274 g/mol. The molecule has 0 aliphatic carbocycles. The van der Waals surface area contributed by atoms with Gasteiger partial charge in [0.1, 0.15) is 13.2 Å². The van der Waals surface area contributed by atoms with Crippen LogP contribution < -0.4 is 0 Å². The summed E-state index contributed by atoms with van der Waals surface area (Å²) in [5.41, 5.74) is 0. The highest BCUT2D eigenvalue weighted by Crippen LogP contribution is 1.87. The third kappa shape index (κ3) is 14.6. The number of hydrogen-bond donors (Lipinski definition) is 0. The molecule has 0 unspecified atom stereocenters. The molecule has 0 amide bonds. The first-order valence-corrected chi connectivity index (χ1v) is 6.05. The van der Waals surface area contributed by atoms with Crippen molar-refractivity contribution in [2.75, 3.05) is 52.9 Å². The summed E-state index contributed by atoms with van der Waals surface area (Å²) >= 11 is 0. The smallest absolute Gasteiger partial charge is 0.432 e. The summed E-state index contributed by atoms with van der Waals surface area (Å²) in [5.74, 6) is 0. The van der Waals surface area contributed by atoms with E-state index >= 15 is 0 Å². The van der Waals surface area contributed by atoms with E-state index in [2.05, 4.69) is 13.2 Å². The Hall–Kier alpha value is -1.37. The van der Waals surface area contributed by atoms with Gasteiger partial charge in [-0.25, -0.2) is 4.79 Å². The first-order chi connectivity index (χ1) is 9.31. The first-order valence-electron chi connectivity index (χ1n) is 6.05. The second-order valence-corrected chi connectivity index (χ2v) is 3.29. The van der Waals surface area contributed by atoms with Crippen LogP contribution in [0.15, 0.2) is 25.3 Å². The van der Waals surface area contributed by atoms with E-state index in [1.165, 1.54) is 0 Å². The van der Waals surface area contributed by atoms with Crippen LogP contribution in [-0.2, 0) is 23.7 Å². The zero-order valence-corrected chi connectivity index (χ0v) is 11.2. The van der Waals surface area contributed by atoms with Crippen molar-refractivity contribution in [1.29, 1.82) is 0 Å². The fourth-order valence-corrected chi connectivity index (χ4v) is 0.963. The van der Waals surface area contributed by atoms with Crippen molar-refractivity contribution in [2.45, 2.75) is 0 Å². The number of ether oxygens (including phenoxy) is 5. The molecule has 6 nitrogen and oxygen atoms in total. The molecule has 0 aliphatic rings. The van der Waals surface area contributed by atoms with Crippen LogP contribution in [0.25, 0.3) is 0 Å². The Bertz CT molecular complexity index is 241. The first kappa shape index (κ1) is 17.6. The van der Waals surface area contributed by atoms with Gasteiger partial charge < -0.3 is 23.7 Å². The Balaban J connectivity index is 3.15. The van der Waals surface area contributed by atoms with Gasteiger partial charge in [-0.05, 0) is 0 Å². The highest BCUT2D eigenvalue weighted by molar-refractivity contribution is 5.59. The van der Waals surface area contributed by atoms with E-state index in [1.807, 2.05) is 0 Å². The van der Waals surface area contributed by atoms with E-state index in [0.717, 1.165) is 0 Å². The van der Waals surface area contributed by atoms with Crippen molar-refractivity contribution in [3.8, 4) is 0 Å². The molecule has 19 heavy (non-hydrogen) atoms. The summed E-state index contributed by atoms with van der Waals surface area (Å²) in [7, 11) is 0. The molecule has 0 bridgehead atoms. The van der Waals surface area contributed by atoms with E-state index in [0.29, 0.717) is 39.6 Å². The lowest BCUT2D eigenvalue weighted by Gasteiger charge is -2.07. The van der Waals surface area contributed by atoms with Crippen LogP contribution in [0.5, 0.6) is 0 Å². The molecule has 0 atom stereocenters. The van der Waals surface area contributed by atoms with E-state index in [1.54, 1.807) is 12.2 Å². The lowest BCUT2D eigenvalue weighted by atomic mass is 10.7. The van der Waals surface area contributed by atoms with Gasteiger partial charge in [0.15, 0.2) is 0 Å². The normalized spacial score (nSPS) is 9.89. The van der Waals surface area contributed by atoms with Gasteiger partial charge in [0.25, 0.3) is 0 Å². The highest BCUT2D eigenvalue weighted by atomic mass is 16.7. The van der Waals surface area contributed by atoms with Gasteiger partial charge in [-0.2, -0.15) is 0 Å². The lowest BCUT2D eigenvalue weighted by molar-refractivity contribution is 0.00409. The summed E-state index contributed by atoms with van der Waals surface area (Å²) in [5, 5.41) is 0. The monoisotopic (exact) mass is 274 g/mol. The summed E-state index contributed by atoms with van der Waals surface area (Å²) in [4.78, 5) is 11.0. The number of hydrogen-bond acceptors (Lipinski definition) is 6. The molecule has 0 saturated heterocycles. The molecule has 0 aliphatic heterocycles. The topological polar surface area (TPSA) is 63.2 Å². The third-order valence-electron chi connectivity index (χ3n) is 1.74. The SMILES string of the molecule is C=CCOCCOCCOC(=O)OCCOCC=C. The highest BCUT2D eigenvalue weighted by Gasteiger charge is 2.02. The molecular weight excluding hydrogens is 252 g/mol. The van der Waals surface area contributed by atoms with E-state index in [9.17, 15) is 4.79 Å². The Morgan fingerprint density at radius 2 is 1.16 bits per heavy atom. The van der Waals surface area contributed by atoms with Crippen LogP contribution in [0.1, 0.15) is 0 Å². The molecule has 0 aromatic heterocycles. The Morgan fingerprint density at radius 3 is 1.68 bits per heavy atom. The molecule has 0 aromatic rings. The average Bonchev–Trinajstić information content (AvgIpc) is 2.41. The molecule has 110 valence electrons. The minimum Gasteiger partial charge on any atom is -0.432 e. The van der Waals surface area contributed by atoms with Gasteiger partial charge in [0.2, 0.25) is 0 Å². The fraction of sp³-hybridized carbons (Fsp3) is 0.615. The van der Waals surface area contributed by atoms with Crippen molar-refractivity contribution in [2.24, 2.45) is 0 Å².